The van der Waals surface area contributed by atoms with Crippen LogP contribution in [0.1, 0.15) is 22.8 Å². The predicted molar refractivity (Wildman–Crippen MR) is 87.4 cm³/mol. The van der Waals surface area contributed by atoms with Crippen molar-refractivity contribution in [1.82, 2.24) is 5.32 Å². The average molecular weight is 434 g/mol. The van der Waals surface area contributed by atoms with Crippen LogP contribution in [-0.2, 0) is 9.53 Å². The van der Waals surface area contributed by atoms with E-state index in [2.05, 4.69) is 19.9 Å². The molecule has 0 saturated carbocycles. The van der Waals surface area contributed by atoms with Gasteiger partial charge in [0.2, 0.25) is 3.57 Å². The number of halogens is 1. The number of benzene rings is 2. The fourth-order valence-electron chi connectivity index (χ4n) is 1.89. The van der Waals surface area contributed by atoms with E-state index in [4.69, 9.17) is 0 Å². The predicted octanol–water partition coefficient (Wildman–Crippen LogP) is -0.754. The Morgan fingerprint density at radius 2 is 1.75 bits per heavy atom. The summed E-state index contributed by atoms with van der Waals surface area (Å²) in [5, 5.41) is 2.65. The highest BCUT2D eigenvalue weighted by Crippen LogP contribution is 2.00. The normalized spacial score (nSPS) is 10.9. The third kappa shape index (κ3) is 5.10. The van der Waals surface area contributed by atoms with Gasteiger partial charge < -0.3 is 10.1 Å². The highest BCUT2D eigenvalue weighted by molar-refractivity contribution is 5.96. The lowest BCUT2D eigenvalue weighted by atomic mass is 10.2. The van der Waals surface area contributed by atoms with Crippen LogP contribution in [0.3, 0.4) is 0 Å². The Hall–Kier alpha value is -2.33. The molecule has 0 aliphatic rings. The fraction of sp³-hybridized carbons (Fsp3) is 0.158. The number of hydrogen-bond acceptors (Lipinski definition) is 3. The molecule has 0 fully saturated rings. The Bertz CT molecular complexity index is 778. The molecule has 0 saturated heterocycles. The lowest BCUT2D eigenvalue weighted by Gasteiger charge is -2.11. The molecule has 0 aromatic heterocycles. The Balaban J connectivity index is 2.11. The van der Waals surface area contributed by atoms with Gasteiger partial charge in [-0.05, 0) is 37.1 Å². The Kier molecular flexibility index (Phi) is 6.82. The summed E-state index contributed by atoms with van der Waals surface area (Å²) >= 11 is -0.638. The zero-order valence-corrected chi connectivity index (χ0v) is 15.5. The summed E-state index contributed by atoms with van der Waals surface area (Å²) in [7, 11) is 1.30. The SMILES string of the molecule is COC(=O)[C@H](C)NC(=O)c1ccccc1[I+]C#Cc1ccccc1. The minimum Gasteiger partial charge on any atom is -0.467 e. The molecule has 122 valence electrons. The molecule has 0 radical (unpaired) electrons. The second kappa shape index (κ2) is 9.08. The van der Waals surface area contributed by atoms with Crippen molar-refractivity contribution in [1.29, 1.82) is 0 Å². The number of nitrogens with one attached hydrogen (secondary N) is 1. The van der Waals surface area contributed by atoms with Crippen LogP contribution in [0.5, 0.6) is 0 Å². The number of methoxy groups -OCH3 is 1. The first-order valence-electron chi connectivity index (χ1n) is 7.29. The van der Waals surface area contributed by atoms with Crippen LogP contribution < -0.4 is 26.5 Å². The molecule has 0 bridgehead atoms. The molecule has 5 heteroatoms. The number of hydrogen-bond donors (Lipinski definition) is 1. The van der Waals surface area contributed by atoms with Crippen LogP contribution >= 0.6 is 0 Å². The quantitative estimate of drug-likeness (QED) is 0.392. The topological polar surface area (TPSA) is 55.4 Å². The van der Waals surface area contributed by atoms with Crippen molar-refractivity contribution in [3.05, 3.63) is 69.3 Å². The Morgan fingerprint density at radius 1 is 1.08 bits per heavy atom. The summed E-state index contributed by atoms with van der Waals surface area (Å²) in [6.07, 6.45) is 0. The van der Waals surface area contributed by atoms with Gasteiger partial charge in [0.1, 0.15) is 6.04 Å². The van der Waals surface area contributed by atoms with Crippen molar-refractivity contribution in [2.75, 3.05) is 7.11 Å². The van der Waals surface area contributed by atoms with E-state index in [1.54, 1.807) is 19.1 Å². The zero-order chi connectivity index (χ0) is 17.4. The third-order valence-corrected chi connectivity index (χ3v) is 5.20. The molecule has 1 amide bonds. The second-order valence-corrected chi connectivity index (χ2v) is 7.12. The average Bonchev–Trinajstić information content (AvgIpc) is 2.62. The van der Waals surface area contributed by atoms with E-state index < -0.39 is 33.2 Å². The van der Waals surface area contributed by atoms with Crippen LogP contribution in [0, 0.1) is 13.4 Å². The molecule has 0 aliphatic carbocycles. The van der Waals surface area contributed by atoms with Gasteiger partial charge in [-0.25, -0.2) is 4.79 Å². The summed E-state index contributed by atoms with van der Waals surface area (Å²) < 4.78 is 8.74. The monoisotopic (exact) mass is 434 g/mol. The van der Waals surface area contributed by atoms with Crippen LogP contribution in [0.4, 0.5) is 0 Å². The smallest absolute Gasteiger partial charge is 0.421 e. The lowest BCUT2D eigenvalue weighted by Crippen LogP contribution is -3.59. The maximum Gasteiger partial charge on any atom is 0.421 e. The van der Waals surface area contributed by atoms with Crippen molar-refractivity contribution in [3.63, 3.8) is 0 Å². The Labute approximate surface area is 151 Å². The molecule has 0 spiro atoms. The molecule has 2 aromatic carbocycles. The molecular weight excluding hydrogens is 417 g/mol. The van der Waals surface area contributed by atoms with E-state index >= 15 is 0 Å². The van der Waals surface area contributed by atoms with E-state index in [-0.39, 0.29) is 5.91 Å². The summed E-state index contributed by atoms with van der Waals surface area (Å²) in [6, 6.07) is 16.4. The number of ether oxygens (including phenoxy) is 1. The van der Waals surface area contributed by atoms with Crippen molar-refractivity contribution in [2.24, 2.45) is 0 Å². The van der Waals surface area contributed by atoms with Gasteiger partial charge in [-0.1, -0.05) is 30.3 Å². The molecule has 0 heterocycles. The molecule has 2 aromatic rings. The van der Waals surface area contributed by atoms with Gasteiger partial charge in [-0.2, -0.15) is 0 Å². The molecule has 1 N–H and O–H groups in total. The van der Waals surface area contributed by atoms with Gasteiger partial charge in [-0.3, -0.25) is 4.79 Å². The van der Waals surface area contributed by atoms with Crippen LogP contribution in [0.15, 0.2) is 54.6 Å². The van der Waals surface area contributed by atoms with Gasteiger partial charge in [0.05, 0.1) is 12.7 Å². The molecule has 1 atom stereocenters. The zero-order valence-electron chi connectivity index (χ0n) is 13.4. The molecule has 0 unspecified atom stereocenters. The van der Waals surface area contributed by atoms with Crippen LogP contribution in [0.2, 0.25) is 0 Å². The van der Waals surface area contributed by atoms with E-state index in [0.717, 1.165) is 9.13 Å². The van der Waals surface area contributed by atoms with Gasteiger partial charge in [-0.15, -0.1) is 0 Å². The van der Waals surface area contributed by atoms with E-state index in [1.165, 1.54) is 7.11 Å². The van der Waals surface area contributed by atoms with Gasteiger partial charge in [0, 0.05) is 5.56 Å². The first kappa shape index (κ1) is 18.0. The second-order valence-electron chi connectivity index (χ2n) is 4.88. The van der Waals surface area contributed by atoms with Crippen molar-refractivity contribution in [3.8, 4) is 9.85 Å². The van der Waals surface area contributed by atoms with Gasteiger partial charge in [0.15, 0.2) is 3.93 Å². The highest BCUT2D eigenvalue weighted by Gasteiger charge is 2.23. The largest absolute Gasteiger partial charge is 0.467 e. The number of rotatable bonds is 4. The van der Waals surface area contributed by atoms with E-state index in [1.807, 2.05) is 42.5 Å². The fourth-order valence-corrected chi connectivity index (χ4v) is 3.73. The van der Waals surface area contributed by atoms with Crippen LogP contribution in [0.25, 0.3) is 0 Å². The number of carbonyl (C=O) groups is 2. The van der Waals surface area contributed by atoms with Gasteiger partial charge in [0.25, 0.3) is 5.91 Å². The van der Waals surface area contributed by atoms with Crippen molar-refractivity contribution in [2.45, 2.75) is 13.0 Å². The maximum atomic E-state index is 12.4. The summed E-state index contributed by atoms with van der Waals surface area (Å²) in [5.41, 5.74) is 1.52. The number of carbonyl (C=O) groups excluding carboxylic acids is 2. The summed E-state index contributed by atoms with van der Waals surface area (Å²) in [5.74, 6) is 2.36. The molecular formula is C19H17INO3+. The van der Waals surface area contributed by atoms with E-state index in [9.17, 15) is 9.59 Å². The van der Waals surface area contributed by atoms with Gasteiger partial charge >= 0.3 is 27.2 Å². The number of amides is 1. The molecule has 24 heavy (non-hydrogen) atoms. The first-order chi connectivity index (χ1) is 11.6. The minimum absolute atomic E-state index is 0.287. The first-order valence-corrected chi connectivity index (χ1v) is 9.45. The summed E-state index contributed by atoms with van der Waals surface area (Å²) in [4.78, 5) is 23.8. The molecule has 4 nitrogen and oxygen atoms in total. The lowest BCUT2D eigenvalue weighted by molar-refractivity contribution is -0.535. The van der Waals surface area contributed by atoms with Crippen molar-refractivity contribution < 1.29 is 35.5 Å². The van der Waals surface area contributed by atoms with Crippen LogP contribution in [-0.4, -0.2) is 25.0 Å². The standard InChI is InChI=1S/C19H16INO3/c1-14(19(23)24-2)21-18(22)16-10-6-7-11-17(16)20-13-12-15-8-4-3-5-9-15/h3-11,14H,1-2H3/p+1/t14-/m0/s1. The Morgan fingerprint density at radius 3 is 2.46 bits per heavy atom. The summed E-state index contributed by atoms with van der Waals surface area (Å²) in [6.45, 7) is 1.59. The highest BCUT2D eigenvalue weighted by atomic mass is 127. The van der Waals surface area contributed by atoms with Crippen molar-refractivity contribution >= 4 is 11.9 Å². The maximum absolute atomic E-state index is 12.4. The molecule has 0 aliphatic heterocycles. The minimum atomic E-state index is -0.691. The number of esters is 1. The van der Waals surface area contributed by atoms with E-state index in [0.29, 0.717) is 5.56 Å². The third-order valence-electron chi connectivity index (χ3n) is 3.14. The molecule has 2 rings (SSSR count).